The number of aromatic nitrogens is 1. The van der Waals surface area contributed by atoms with E-state index < -0.39 is 0 Å². The average molecular weight is 187 g/mol. The van der Waals surface area contributed by atoms with Crippen LogP contribution in [0, 0.1) is 13.8 Å². The summed E-state index contributed by atoms with van der Waals surface area (Å²) >= 11 is 0. The number of Topliss-reactive ketones (excluding diaryl/α,β-unsaturated/α-hetero) is 1. The van der Waals surface area contributed by atoms with Crippen molar-refractivity contribution < 1.29 is 4.79 Å². The molecule has 2 nitrogen and oxygen atoms in total. The lowest BCUT2D eigenvalue weighted by molar-refractivity contribution is 0.101. The van der Waals surface area contributed by atoms with Gasteiger partial charge in [-0.3, -0.25) is 4.79 Å². The zero-order chi connectivity index (χ0) is 10.3. The zero-order valence-corrected chi connectivity index (χ0v) is 8.64. The predicted octanol–water partition coefficient (Wildman–Crippen LogP) is 2.99. The Morgan fingerprint density at radius 2 is 2.00 bits per heavy atom. The molecule has 2 aromatic rings. The SMILES string of the molecule is CC(=O)c1c(C)[nH]c2cc(C)ccc12. The standard InChI is InChI=1S/C12H13NO/c1-7-4-5-10-11(6-7)13-8(2)12(10)9(3)14/h4-6,13H,1-3H3. The second kappa shape index (κ2) is 2.98. The first-order valence-electron chi connectivity index (χ1n) is 4.69. The quantitative estimate of drug-likeness (QED) is 0.684. The molecule has 0 amide bonds. The van der Waals surface area contributed by atoms with Gasteiger partial charge in [0.05, 0.1) is 0 Å². The Morgan fingerprint density at radius 3 is 2.64 bits per heavy atom. The van der Waals surface area contributed by atoms with E-state index in [1.165, 1.54) is 5.56 Å². The summed E-state index contributed by atoms with van der Waals surface area (Å²) in [6.07, 6.45) is 0. The van der Waals surface area contributed by atoms with Gasteiger partial charge in [-0.1, -0.05) is 12.1 Å². The van der Waals surface area contributed by atoms with Crippen LogP contribution < -0.4 is 0 Å². The maximum atomic E-state index is 11.4. The Bertz CT molecular complexity index is 508. The van der Waals surface area contributed by atoms with Gasteiger partial charge in [-0.15, -0.1) is 0 Å². The zero-order valence-electron chi connectivity index (χ0n) is 8.64. The molecule has 2 rings (SSSR count). The molecule has 0 saturated carbocycles. The smallest absolute Gasteiger partial charge is 0.162 e. The topological polar surface area (TPSA) is 32.9 Å². The Balaban J connectivity index is 2.84. The van der Waals surface area contributed by atoms with E-state index in [1.54, 1.807) is 6.92 Å². The Hall–Kier alpha value is -1.57. The number of carbonyl (C=O) groups is 1. The monoisotopic (exact) mass is 187 g/mol. The van der Waals surface area contributed by atoms with E-state index in [1.807, 2.05) is 26.0 Å². The molecule has 1 heterocycles. The van der Waals surface area contributed by atoms with Gasteiger partial charge in [-0.25, -0.2) is 0 Å². The van der Waals surface area contributed by atoms with Crippen LogP contribution in [0.1, 0.15) is 28.5 Å². The van der Waals surface area contributed by atoms with Crippen LogP contribution in [0.2, 0.25) is 0 Å². The summed E-state index contributed by atoms with van der Waals surface area (Å²) in [6.45, 7) is 5.59. The maximum Gasteiger partial charge on any atom is 0.162 e. The second-order valence-corrected chi connectivity index (χ2v) is 3.73. The van der Waals surface area contributed by atoms with E-state index in [4.69, 9.17) is 0 Å². The van der Waals surface area contributed by atoms with Crippen LogP contribution in [0.15, 0.2) is 18.2 Å². The van der Waals surface area contributed by atoms with Gasteiger partial charge >= 0.3 is 0 Å². The molecular formula is C12H13NO. The number of rotatable bonds is 1. The number of fused-ring (bicyclic) bond motifs is 1. The normalized spacial score (nSPS) is 10.8. The molecular weight excluding hydrogens is 174 g/mol. The van der Waals surface area contributed by atoms with E-state index in [-0.39, 0.29) is 5.78 Å². The van der Waals surface area contributed by atoms with E-state index in [0.29, 0.717) is 0 Å². The minimum absolute atomic E-state index is 0.123. The molecule has 0 atom stereocenters. The van der Waals surface area contributed by atoms with E-state index in [2.05, 4.69) is 11.1 Å². The number of hydrogen-bond acceptors (Lipinski definition) is 1. The third-order valence-electron chi connectivity index (χ3n) is 2.49. The predicted molar refractivity (Wildman–Crippen MR) is 57.8 cm³/mol. The van der Waals surface area contributed by atoms with E-state index >= 15 is 0 Å². The van der Waals surface area contributed by atoms with Crippen molar-refractivity contribution in [2.75, 3.05) is 0 Å². The lowest BCUT2D eigenvalue weighted by atomic mass is 10.1. The molecule has 1 N–H and O–H groups in total. The first-order valence-corrected chi connectivity index (χ1v) is 4.69. The van der Waals surface area contributed by atoms with Crippen molar-refractivity contribution in [1.82, 2.24) is 4.98 Å². The highest BCUT2D eigenvalue weighted by molar-refractivity contribution is 6.08. The minimum Gasteiger partial charge on any atom is -0.358 e. The molecule has 0 unspecified atom stereocenters. The molecule has 0 saturated heterocycles. The third kappa shape index (κ3) is 1.23. The van der Waals surface area contributed by atoms with Crippen molar-refractivity contribution in [1.29, 1.82) is 0 Å². The van der Waals surface area contributed by atoms with Crippen molar-refractivity contribution in [3.63, 3.8) is 0 Å². The Kier molecular flexibility index (Phi) is 1.92. The van der Waals surface area contributed by atoms with Gasteiger partial charge in [-0.2, -0.15) is 0 Å². The van der Waals surface area contributed by atoms with Gasteiger partial charge in [0, 0.05) is 22.2 Å². The van der Waals surface area contributed by atoms with Gasteiger partial charge in [-0.05, 0) is 32.4 Å². The summed E-state index contributed by atoms with van der Waals surface area (Å²) in [5, 5.41) is 1.03. The van der Waals surface area contributed by atoms with Gasteiger partial charge in [0.15, 0.2) is 5.78 Å². The number of H-pyrrole nitrogens is 1. The van der Waals surface area contributed by atoms with Crippen LogP contribution in [-0.2, 0) is 0 Å². The molecule has 72 valence electrons. The molecule has 0 spiro atoms. The van der Waals surface area contributed by atoms with E-state index in [9.17, 15) is 4.79 Å². The summed E-state index contributed by atoms with van der Waals surface area (Å²) in [7, 11) is 0. The molecule has 0 fully saturated rings. The first kappa shape index (κ1) is 9.00. The van der Waals surface area contributed by atoms with Crippen LogP contribution in [0.25, 0.3) is 10.9 Å². The number of aryl methyl sites for hydroxylation is 2. The van der Waals surface area contributed by atoms with Gasteiger partial charge in [0.25, 0.3) is 0 Å². The molecule has 2 heteroatoms. The second-order valence-electron chi connectivity index (χ2n) is 3.73. The van der Waals surface area contributed by atoms with Gasteiger partial charge in [0.1, 0.15) is 0 Å². The number of hydrogen-bond donors (Lipinski definition) is 1. The third-order valence-corrected chi connectivity index (χ3v) is 2.49. The molecule has 0 bridgehead atoms. The van der Waals surface area contributed by atoms with Crippen LogP contribution >= 0.6 is 0 Å². The van der Waals surface area contributed by atoms with Crippen LogP contribution in [0.5, 0.6) is 0 Å². The van der Waals surface area contributed by atoms with Crippen molar-refractivity contribution in [2.24, 2.45) is 0 Å². The van der Waals surface area contributed by atoms with Crippen molar-refractivity contribution in [2.45, 2.75) is 20.8 Å². The molecule has 1 aromatic carbocycles. The fraction of sp³-hybridized carbons (Fsp3) is 0.250. The molecule has 0 aliphatic heterocycles. The largest absolute Gasteiger partial charge is 0.358 e. The lowest BCUT2D eigenvalue weighted by Crippen LogP contribution is -1.92. The fourth-order valence-corrected chi connectivity index (χ4v) is 1.90. The number of aromatic amines is 1. The highest BCUT2D eigenvalue weighted by atomic mass is 16.1. The van der Waals surface area contributed by atoms with Crippen molar-refractivity contribution >= 4 is 16.7 Å². The number of benzene rings is 1. The highest BCUT2D eigenvalue weighted by Crippen LogP contribution is 2.23. The van der Waals surface area contributed by atoms with Gasteiger partial charge < -0.3 is 4.98 Å². The molecule has 0 radical (unpaired) electrons. The van der Waals surface area contributed by atoms with Crippen LogP contribution in [-0.4, -0.2) is 10.8 Å². The Labute approximate surface area is 82.9 Å². The average Bonchev–Trinajstić information content (AvgIpc) is 2.39. The highest BCUT2D eigenvalue weighted by Gasteiger charge is 2.11. The summed E-state index contributed by atoms with van der Waals surface area (Å²) in [5.41, 5.74) is 4.03. The maximum absolute atomic E-state index is 11.4. The number of nitrogens with one attached hydrogen (secondary N) is 1. The van der Waals surface area contributed by atoms with Crippen molar-refractivity contribution in [3.8, 4) is 0 Å². The van der Waals surface area contributed by atoms with Crippen molar-refractivity contribution in [3.05, 3.63) is 35.0 Å². The van der Waals surface area contributed by atoms with Crippen LogP contribution in [0.4, 0.5) is 0 Å². The number of ketones is 1. The Morgan fingerprint density at radius 1 is 1.29 bits per heavy atom. The summed E-state index contributed by atoms with van der Waals surface area (Å²) in [5.74, 6) is 0.123. The summed E-state index contributed by atoms with van der Waals surface area (Å²) < 4.78 is 0. The molecule has 1 aromatic heterocycles. The lowest BCUT2D eigenvalue weighted by Gasteiger charge is -1.95. The summed E-state index contributed by atoms with van der Waals surface area (Å²) in [6, 6.07) is 6.10. The fourth-order valence-electron chi connectivity index (χ4n) is 1.90. The van der Waals surface area contributed by atoms with Crippen LogP contribution in [0.3, 0.4) is 0 Å². The summed E-state index contributed by atoms with van der Waals surface area (Å²) in [4.78, 5) is 14.6. The number of carbonyl (C=O) groups excluding carboxylic acids is 1. The minimum atomic E-state index is 0.123. The van der Waals surface area contributed by atoms with E-state index in [0.717, 1.165) is 22.2 Å². The molecule has 0 aliphatic rings. The first-order chi connectivity index (χ1) is 6.59. The van der Waals surface area contributed by atoms with Gasteiger partial charge in [0.2, 0.25) is 0 Å². The molecule has 0 aliphatic carbocycles. The molecule has 14 heavy (non-hydrogen) atoms.